The highest BCUT2D eigenvalue weighted by Crippen LogP contribution is 2.27. The molecule has 0 saturated heterocycles. The summed E-state index contributed by atoms with van der Waals surface area (Å²) >= 11 is 11.9. The summed E-state index contributed by atoms with van der Waals surface area (Å²) in [6.45, 7) is 2.70. The summed E-state index contributed by atoms with van der Waals surface area (Å²) in [6.07, 6.45) is 5.30. The predicted octanol–water partition coefficient (Wildman–Crippen LogP) is 4.48. The van der Waals surface area contributed by atoms with Gasteiger partial charge < -0.3 is 4.74 Å². The molecule has 94 valence electrons. The Morgan fingerprint density at radius 3 is 2.82 bits per heavy atom. The second-order valence-corrected chi connectivity index (χ2v) is 5.47. The molecule has 2 unspecified atom stereocenters. The van der Waals surface area contributed by atoms with E-state index >= 15 is 0 Å². The molecular weight excluding hydrogens is 257 g/mol. The summed E-state index contributed by atoms with van der Waals surface area (Å²) in [7, 11) is 0. The van der Waals surface area contributed by atoms with Crippen LogP contribution in [-0.2, 0) is 11.3 Å². The van der Waals surface area contributed by atoms with Gasteiger partial charge in [-0.25, -0.2) is 4.98 Å². The van der Waals surface area contributed by atoms with Crippen molar-refractivity contribution in [2.75, 3.05) is 0 Å². The molecule has 1 aromatic heterocycles. The van der Waals surface area contributed by atoms with Gasteiger partial charge in [-0.3, -0.25) is 0 Å². The van der Waals surface area contributed by atoms with Crippen molar-refractivity contribution >= 4 is 23.2 Å². The molecular formula is C13H17Cl2NO. The zero-order valence-electron chi connectivity index (χ0n) is 9.96. The van der Waals surface area contributed by atoms with Crippen molar-refractivity contribution in [2.45, 2.75) is 45.3 Å². The van der Waals surface area contributed by atoms with Crippen molar-refractivity contribution in [3.05, 3.63) is 28.0 Å². The largest absolute Gasteiger partial charge is 0.372 e. The van der Waals surface area contributed by atoms with Crippen LogP contribution in [0.25, 0.3) is 0 Å². The molecule has 0 amide bonds. The minimum atomic E-state index is 0.334. The maximum Gasteiger partial charge on any atom is 0.129 e. The van der Waals surface area contributed by atoms with E-state index in [-0.39, 0.29) is 0 Å². The van der Waals surface area contributed by atoms with Crippen LogP contribution in [0.2, 0.25) is 10.2 Å². The van der Waals surface area contributed by atoms with E-state index in [9.17, 15) is 0 Å². The first-order valence-electron chi connectivity index (χ1n) is 6.09. The Hall–Kier alpha value is -0.310. The van der Waals surface area contributed by atoms with Crippen LogP contribution in [0.5, 0.6) is 0 Å². The number of rotatable bonds is 3. The standard InChI is InChI=1S/C13H17Cl2NO/c1-9-4-2-3-5-12(9)17-8-11-10(14)6-7-13(15)16-11/h6-7,9,12H,2-5,8H2,1H3. The van der Waals surface area contributed by atoms with Crippen LogP contribution in [0.1, 0.15) is 38.3 Å². The van der Waals surface area contributed by atoms with Crippen molar-refractivity contribution in [1.82, 2.24) is 4.98 Å². The molecule has 2 atom stereocenters. The van der Waals surface area contributed by atoms with E-state index in [1.807, 2.05) is 0 Å². The molecule has 0 N–H and O–H groups in total. The van der Waals surface area contributed by atoms with E-state index in [1.165, 1.54) is 19.3 Å². The predicted molar refractivity (Wildman–Crippen MR) is 70.5 cm³/mol. The SMILES string of the molecule is CC1CCCCC1OCc1nc(Cl)ccc1Cl. The van der Waals surface area contributed by atoms with Crippen molar-refractivity contribution in [3.63, 3.8) is 0 Å². The Labute approximate surface area is 112 Å². The first-order valence-corrected chi connectivity index (χ1v) is 6.85. The van der Waals surface area contributed by atoms with Gasteiger partial charge in [-0.15, -0.1) is 0 Å². The van der Waals surface area contributed by atoms with Crippen LogP contribution < -0.4 is 0 Å². The first kappa shape index (κ1) is 13.1. The van der Waals surface area contributed by atoms with E-state index in [2.05, 4.69) is 11.9 Å². The summed E-state index contributed by atoms with van der Waals surface area (Å²) in [5.41, 5.74) is 0.733. The lowest BCUT2D eigenvalue weighted by atomic mass is 9.88. The molecule has 2 nitrogen and oxygen atoms in total. The average Bonchev–Trinajstić information content (AvgIpc) is 2.32. The minimum absolute atomic E-state index is 0.334. The van der Waals surface area contributed by atoms with Crippen molar-refractivity contribution in [1.29, 1.82) is 0 Å². The Kier molecular flexibility index (Phi) is 4.66. The maximum absolute atomic E-state index is 6.05. The fourth-order valence-electron chi connectivity index (χ4n) is 2.27. The topological polar surface area (TPSA) is 22.1 Å². The highest BCUT2D eigenvalue weighted by Gasteiger charge is 2.22. The third-order valence-electron chi connectivity index (χ3n) is 3.35. The van der Waals surface area contributed by atoms with E-state index < -0.39 is 0 Å². The highest BCUT2D eigenvalue weighted by molar-refractivity contribution is 6.32. The molecule has 0 bridgehead atoms. The molecule has 1 aliphatic rings. The zero-order chi connectivity index (χ0) is 12.3. The van der Waals surface area contributed by atoms with Crippen LogP contribution in [0.4, 0.5) is 0 Å². The lowest BCUT2D eigenvalue weighted by Gasteiger charge is -2.28. The van der Waals surface area contributed by atoms with Crippen LogP contribution in [0, 0.1) is 5.92 Å². The molecule has 4 heteroatoms. The minimum Gasteiger partial charge on any atom is -0.372 e. The van der Waals surface area contributed by atoms with Gasteiger partial charge in [0.25, 0.3) is 0 Å². The van der Waals surface area contributed by atoms with Crippen molar-refractivity contribution < 1.29 is 4.74 Å². The zero-order valence-corrected chi connectivity index (χ0v) is 11.5. The van der Waals surface area contributed by atoms with E-state index in [0.29, 0.717) is 28.8 Å². The van der Waals surface area contributed by atoms with Gasteiger partial charge in [-0.05, 0) is 30.9 Å². The van der Waals surface area contributed by atoms with Gasteiger partial charge in [-0.2, -0.15) is 0 Å². The number of nitrogens with zero attached hydrogens (tertiary/aromatic N) is 1. The molecule has 0 radical (unpaired) electrons. The fraction of sp³-hybridized carbons (Fsp3) is 0.615. The first-order chi connectivity index (χ1) is 8.16. The number of ether oxygens (including phenoxy) is 1. The summed E-state index contributed by atoms with van der Waals surface area (Å²) in [5, 5.41) is 1.09. The molecule has 0 aliphatic heterocycles. The third-order valence-corrected chi connectivity index (χ3v) is 3.91. The monoisotopic (exact) mass is 273 g/mol. The normalized spacial score (nSPS) is 24.9. The maximum atomic E-state index is 6.05. The third kappa shape index (κ3) is 3.57. The van der Waals surface area contributed by atoms with Crippen LogP contribution in [-0.4, -0.2) is 11.1 Å². The Morgan fingerprint density at radius 2 is 2.06 bits per heavy atom. The molecule has 1 fully saturated rings. The summed E-state index contributed by atoms with van der Waals surface area (Å²) < 4.78 is 5.91. The van der Waals surface area contributed by atoms with Crippen molar-refractivity contribution in [2.24, 2.45) is 5.92 Å². The van der Waals surface area contributed by atoms with Gasteiger partial charge in [-0.1, -0.05) is 43.0 Å². The van der Waals surface area contributed by atoms with Gasteiger partial charge in [0.15, 0.2) is 0 Å². The van der Waals surface area contributed by atoms with Crippen molar-refractivity contribution in [3.8, 4) is 0 Å². The van der Waals surface area contributed by atoms with E-state index in [4.69, 9.17) is 27.9 Å². The number of pyridine rings is 1. The second kappa shape index (κ2) is 6.03. The number of hydrogen-bond donors (Lipinski definition) is 0. The summed E-state index contributed by atoms with van der Waals surface area (Å²) in [6, 6.07) is 3.45. The molecule has 0 spiro atoms. The molecule has 17 heavy (non-hydrogen) atoms. The Bertz CT molecular complexity index is 384. The van der Waals surface area contributed by atoms with Gasteiger partial charge in [0.2, 0.25) is 0 Å². The van der Waals surface area contributed by atoms with Gasteiger partial charge in [0.1, 0.15) is 5.15 Å². The molecule has 0 aromatic carbocycles. The van der Waals surface area contributed by atoms with Crippen LogP contribution in [0.3, 0.4) is 0 Å². The smallest absolute Gasteiger partial charge is 0.129 e. The Morgan fingerprint density at radius 1 is 1.29 bits per heavy atom. The molecule has 1 heterocycles. The lowest BCUT2D eigenvalue weighted by Crippen LogP contribution is -2.25. The van der Waals surface area contributed by atoms with E-state index in [1.54, 1.807) is 12.1 Å². The fourth-order valence-corrected chi connectivity index (χ4v) is 2.60. The van der Waals surface area contributed by atoms with Gasteiger partial charge in [0, 0.05) is 0 Å². The number of aromatic nitrogens is 1. The van der Waals surface area contributed by atoms with Gasteiger partial charge in [0.05, 0.1) is 23.4 Å². The average molecular weight is 274 g/mol. The molecule has 1 aliphatic carbocycles. The van der Waals surface area contributed by atoms with Crippen LogP contribution in [0.15, 0.2) is 12.1 Å². The Balaban J connectivity index is 1.94. The molecule has 1 aromatic rings. The molecule has 1 saturated carbocycles. The number of hydrogen-bond acceptors (Lipinski definition) is 2. The summed E-state index contributed by atoms with van der Waals surface area (Å²) in [4.78, 5) is 4.19. The van der Waals surface area contributed by atoms with Crippen LogP contribution >= 0.6 is 23.2 Å². The second-order valence-electron chi connectivity index (χ2n) is 4.67. The lowest BCUT2D eigenvalue weighted by molar-refractivity contribution is -0.0167. The van der Waals surface area contributed by atoms with Gasteiger partial charge >= 0.3 is 0 Å². The van der Waals surface area contributed by atoms with E-state index in [0.717, 1.165) is 12.1 Å². The highest BCUT2D eigenvalue weighted by atomic mass is 35.5. The quantitative estimate of drug-likeness (QED) is 0.758. The number of halogens is 2. The molecule has 2 rings (SSSR count). The summed E-state index contributed by atoms with van der Waals surface area (Å²) in [5.74, 6) is 0.627.